The van der Waals surface area contributed by atoms with Gasteiger partial charge in [0.25, 0.3) is 0 Å². The van der Waals surface area contributed by atoms with Gasteiger partial charge in [-0.15, -0.1) is 0 Å². The summed E-state index contributed by atoms with van der Waals surface area (Å²) in [6.07, 6.45) is -2.25. The number of hydrogen-bond donors (Lipinski definition) is 5. The van der Waals surface area contributed by atoms with E-state index in [4.69, 9.17) is 4.74 Å². The lowest BCUT2D eigenvalue weighted by Gasteiger charge is -2.15. The van der Waals surface area contributed by atoms with Crippen molar-refractivity contribution >= 4 is 17.6 Å². The maximum atomic E-state index is 13.1. The van der Waals surface area contributed by atoms with Gasteiger partial charge in [0.15, 0.2) is 0 Å². The normalized spacial score (nSPS) is 27.8. The van der Waals surface area contributed by atoms with Gasteiger partial charge in [-0.1, -0.05) is 6.07 Å². The van der Waals surface area contributed by atoms with E-state index in [1.165, 1.54) is 24.3 Å². The number of carbonyl (C=O) groups excluding carboxylic acids is 2. The van der Waals surface area contributed by atoms with Gasteiger partial charge >= 0.3 is 6.03 Å². The third-order valence-corrected chi connectivity index (χ3v) is 4.34. The van der Waals surface area contributed by atoms with Gasteiger partial charge in [-0.05, 0) is 31.0 Å². The van der Waals surface area contributed by atoms with Crippen LogP contribution in [0.25, 0.3) is 0 Å². The fourth-order valence-electron chi connectivity index (χ4n) is 2.79. The summed E-state index contributed by atoms with van der Waals surface area (Å²) >= 11 is 0. The molecule has 0 radical (unpaired) electrons. The van der Waals surface area contributed by atoms with Crippen LogP contribution in [0.4, 0.5) is 14.9 Å². The van der Waals surface area contributed by atoms with E-state index in [1.807, 2.05) is 0 Å². The van der Waals surface area contributed by atoms with Crippen molar-refractivity contribution in [2.45, 2.75) is 49.7 Å². The molecule has 3 amide bonds. The number of urea groups is 1. The number of ether oxygens (including phenoxy) is 1. The van der Waals surface area contributed by atoms with E-state index in [0.29, 0.717) is 0 Å². The fourth-order valence-corrected chi connectivity index (χ4v) is 2.79. The number of nitrogens with one attached hydrogen (secondary N) is 3. The molecule has 5 N–H and O–H groups in total. The summed E-state index contributed by atoms with van der Waals surface area (Å²) in [7, 11) is 0. The van der Waals surface area contributed by atoms with Gasteiger partial charge in [-0.3, -0.25) is 4.79 Å². The van der Waals surface area contributed by atoms with Crippen LogP contribution in [0.2, 0.25) is 0 Å². The van der Waals surface area contributed by atoms with Crippen LogP contribution in [0.15, 0.2) is 24.3 Å². The average molecular weight is 367 g/mol. The van der Waals surface area contributed by atoms with E-state index >= 15 is 0 Å². The molecule has 9 heteroatoms. The largest absolute Gasteiger partial charge is 0.388 e. The molecule has 0 aromatic heterocycles. The van der Waals surface area contributed by atoms with Crippen LogP contribution < -0.4 is 16.0 Å². The third-order valence-electron chi connectivity index (χ3n) is 4.34. The summed E-state index contributed by atoms with van der Waals surface area (Å²) in [5.41, 5.74) is 0.282. The predicted octanol–water partition coefficient (Wildman–Crippen LogP) is 0.105. The highest BCUT2D eigenvalue weighted by Gasteiger charge is 2.43. The Kier molecular flexibility index (Phi) is 5.70. The number of halogens is 1. The Labute approximate surface area is 149 Å². The third kappa shape index (κ3) is 4.90. The molecule has 1 saturated carbocycles. The van der Waals surface area contributed by atoms with E-state index in [2.05, 4.69) is 16.0 Å². The molecular formula is C17H22FN3O5. The number of benzene rings is 1. The Bertz CT molecular complexity index is 670. The zero-order chi connectivity index (χ0) is 18.7. The zero-order valence-electron chi connectivity index (χ0n) is 14.0. The van der Waals surface area contributed by atoms with Crippen LogP contribution in [-0.4, -0.2) is 59.2 Å². The monoisotopic (exact) mass is 367 g/mol. The topological polar surface area (TPSA) is 120 Å². The molecule has 0 bridgehead atoms. The van der Waals surface area contributed by atoms with Crippen LogP contribution in [0, 0.1) is 5.82 Å². The summed E-state index contributed by atoms with van der Waals surface area (Å²) in [6.45, 7) is -0.0693. The fraction of sp³-hybridized carbons (Fsp3) is 0.529. The van der Waals surface area contributed by atoms with Crippen molar-refractivity contribution in [3.8, 4) is 0 Å². The highest BCUT2D eigenvalue weighted by atomic mass is 19.1. The Morgan fingerprint density at radius 1 is 1.19 bits per heavy atom. The number of hydrogen-bond acceptors (Lipinski definition) is 5. The molecule has 3 rings (SSSR count). The van der Waals surface area contributed by atoms with Gasteiger partial charge in [0.2, 0.25) is 5.91 Å². The molecule has 2 fully saturated rings. The van der Waals surface area contributed by atoms with E-state index in [-0.39, 0.29) is 30.6 Å². The zero-order valence-corrected chi connectivity index (χ0v) is 14.0. The van der Waals surface area contributed by atoms with Gasteiger partial charge in [-0.2, -0.15) is 0 Å². The van der Waals surface area contributed by atoms with Crippen molar-refractivity contribution in [2.24, 2.45) is 0 Å². The number of aliphatic hydroxyl groups excluding tert-OH is 2. The van der Waals surface area contributed by atoms with Gasteiger partial charge in [0, 0.05) is 18.3 Å². The Balaban J connectivity index is 1.45. The van der Waals surface area contributed by atoms with Crippen molar-refractivity contribution < 1.29 is 28.9 Å². The van der Waals surface area contributed by atoms with Gasteiger partial charge < -0.3 is 30.9 Å². The van der Waals surface area contributed by atoms with Crippen LogP contribution in [0.5, 0.6) is 0 Å². The second kappa shape index (κ2) is 7.98. The lowest BCUT2D eigenvalue weighted by Crippen LogP contribution is -2.41. The van der Waals surface area contributed by atoms with Crippen LogP contribution in [0.3, 0.4) is 0 Å². The smallest absolute Gasteiger partial charge is 0.319 e. The van der Waals surface area contributed by atoms with Crippen molar-refractivity contribution in [3.05, 3.63) is 30.1 Å². The van der Waals surface area contributed by atoms with Crippen molar-refractivity contribution in [3.63, 3.8) is 0 Å². The van der Waals surface area contributed by atoms with Crippen LogP contribution in [0.1, 0.15) is 19.3 Å². The Morgan fingerprint density at radius 2 is 1.92 bits per heavy atom. The molecule has 8 nitrogen and oxygen atoms in total. The number of aliphatic hydroxyl groups is 2. The molecule has 1 aliphatic carbocycles. The van der Waals surface area contributed by atoms with Crippen LogP contribution in [-0.2, 0) is 9.53 Å². The van der Waals surface area contributed by atoms with Gasteiger partial charge in [0.05, 0.1) is 12.5 Å². The molecule has 1 aliphatic heterocycles. The summed E-state index contributed by atoms with van der Waals surface area (Å²) < 4.78 is 18.6. The molecule has 1 saturated heterocycles. The number of anilines is 1. The van der Waals surface area contributed by atoms with E-state index < -0.39 is 36.3 Å². The number of rotatable bonds is 6. The van der Waals surface area contributed by atoms with E-state index in [0.717, 1.165) is 12.8 Å². The van der Waals surface area contributed by atoms with Crippen molar-refractivity contribution in [1.29, 1.82) is 0 Å². The van der Waals surface area contributed by atoms with Crippen LogP contribution >= 0.6 is 0 Å². The first-order chi connectivity index (χ1) is 12.4. The second-order valence-electron chi connectivity index (χ2n) is 6.59. The number of carbonyl (C=O) groups is 2. The van der Waals surface area contributed by atoms with E-state index in [9.17, 15) is 24.2 Å². The minimum Gasteiger partial charge on any atom is -0.388 e. The maximum absolute atomic E-state index is 13.1. The molecule has 1 aromatic carbocycles. The molecular weight excluding hydrogens is 345 g/mol. The molecule has 2 aliphatic rings. The molecule has 4 atom stereocenters. The summed E-state index contributed by atoms with van der Waals surface area (Å²) in [5, 5.41) is 27.8. The lowest BCUT2D eigenvalue weighted by molar-refractivity contribution is -0.125. The van der Waals surface area contributed by atoms with Crippen molar-refractivity contribution in [2.75, 3.05) is 11.9 Å². The standard InChI is InChI=1S/C17H22FN3O5/c18-9-2-1-3-11(6-9)21-17(25)19-8-13-16(24)15(23)12(26-13)7-14(22)20-10-4-5-10/h1-3,6,10,12-13,15-16,23-24H,4-5,7-8H2,(H,20,22)(H2,19,21,25)/t12-,13-,15-,16+/m0/s1. The highest BCUT2D eigenvalue weighted by molar-refractivity contribution is 5.89. The minimum absolute atomic E-state index is 0.0548. The summed E-state index contributed by atoms with van der Waals surface area (Å²) in [4.78, 5) is 23.7. The molecule has 1 aromatic rings. The van der Waals surface area contributed by atoms with Gasteiger partial charge in [0.1, 0.15) is 24.1 Å². The van der Waals surface area contributed by atoms with E-state index in [1.54, 1.807) is 0 Å². The first-order valence-corrected chi connectivity index (χ1v) is 8.54. The van der Waals surface area contributed by atoms with Crippen molar-refractivity contribution in [1.82, 2.24) is 10.6 Å². The Morgan fingerprint density at radius 3 is 2.62 bits per heavy atom. The summed E-state index contributed by atoms with van der Waals surface area (Å²) in [6, 6.07) is 5.01. The minimum atomic E-state index is -1.22. The second-order valence-corrected chi connectivity index (χ2v) is 6.59. The summed E-state index contributed by atoms with van der Waals surface area (Å²) in [5.74, 6) is -0.714. The molecule has 142 valence electrons. The Hall–Kier alpha value is -2.23. The molecule has 1 heterocycles. The molecule has 0 spiro atoms. The average Bonchev–Trinajstić information content (AvgIpc) is 3.35. The maximum Gasteiger partial charge on any atom is 0.319 e. The number of amides is 3. The molecule has 26 heavy (non-hydrogen) atoms. The highest BCUT2D eigenvalue weighted by Crippen LogP contribution is 2.24. The van der Waals surface area contributed by atoms with Gasteiger partial charge in [-0.25, -0.2) is 9.18 Å². The molecule has 0 unspecified atom stereocenters. The first kappa shape index (κ1) is 18.6. The lowest BCUT2D eigenvalue weighted by atomic mass is 10.1. The SMILES string of the molecule is O=C(C[C@@H]1O[C@@H](CNC(=O)Nc2cccc(F)c2)[C@@H](O)[C@H]1O)NC1CC1. The quantitative estimate of drug-likeness (QED) is 0.489. The first-order valence-electron chi connectivity index (χ1n) is 8.54. The predicted molar refractivity (Wildman–Crippen MR) is 89.9 cm³/mol.